The molecule has 0 aliphatic carbocycles. The molecule has 5 nitrogen and oxygen atoms in total. The van der Waals surface area contributed by atoms with Crippen molar-refractivity contribution in [3.8, 4) is 5.75 Å². The summed E-state index contributed by atoms with van der Waals surface area (Å²) >= 11 is 0. The molecule has 0 unspecified atom stereocenters. The first-order valence-electron chi connectivity index (χ1n) is 4.20. The highest BCUT2D eigenvalue weighted by Crippen LogP contribution is 2.10. The largest absolute Gasteiger partial charge is 0.465 e. The minimum Gasteiger partial charge on any atom is -0.465 e. The molecule has 1 aromatic rings. The van der Waals surface area contributed by atoms with Crippen LogP contribution in [0.15, 0.2) is 24.3 Å². The van der Waals surface area contributed by atoms with Gasteiger partial charge in [0.05, 0.1) is 0 Å². The maximum absolute atomic E-state index is 9.18. The standard InChI is InChI=1S/C9H13N4O/c1-7-3-5-8(6-4-7)14-9(10)12-13-11-2/h3-6,11,13H,1-2H3,(H-,10,12)/q-1. The molecule has 0 radical (unpaired) electrons. The summed E-state index contributed by atoms with van der Waals surface area (Å²) in [5.41, 5.74) is 8.56. The molecule has 0 bridgehead atoms. The number of hydrazine groups is 2. The van der Waals surface area contributed by atoms with Crippen molar-refractivity contribution in [1.29, 1.82) is 0 Å². The summed E-state index contributed by atoms with van der Waals surface area (Å²) in [7, 11) is 1.66. The summed E-state index contributed by atoms with van der Waals surface area (Å²) in [6.07, 6.45) is 0. The van der Waals surface area contributed by atoms with E-state index >= 15 is 0 Å². The van der Waals surface area contributed by atoms with Gasteiger partial charge in [-0.15, -0.1) is 0 Å². The quantitative estimate of drug-likeness (QED) is 0.372. The molecule has 0 aliphatic rings. The van der Waals surface area contributed by atoms with Gasteiger partial charge in [0.15, 0.2) is 0 Å². The maximum atomic E-state index is 9.18. The minimum absolute atomic E-state index is 0.316. The van der Waals surface area contributed by atoms with Crippen molar-refractivity contribution < 1.29 is 4.74 Å². The van der Waals surface area contributed by atoms with E-state index in [0.717, 1.165) is 5.56 Å². The first-order chi connectivity index (χ1) is 6.72. The molecule has 3 N–H and O–H groups in total. The predicted octanol–water partition coefficient (Wildman–Crippen LogP) is 0.528. The van der Waals surface area contributed by atoms with Crippen molar-refractivity contribution in [2.45, 2.75) is 6.92 Å². The van der Waals surface area contributed by atoms with Crippen LogP contribution in [-0.4, -0.2) is 13.1 Å². The van der Waals surface area contributed by atoms with E-state index in [4.69, 9.17) is 4.74 Å². The van der Waals surface area contributed by atoms with Gasteiger partial charge in [-0.05, 0) is 26.1 Å². The average molecular weight is 193 g/mol. The molecular weight excluding hydrogens is 180 g/mol. The topological polar surface area (TPSA) is 67.6 Å². The zero-order valence-corrected chi connectivity index (χ0v) is 8.16. The second kappa shape index (κ2) is 5.21. The molecular formula is C9H13N4O-. The van der Waals surface area contributed by atoms with Crippen molar-refractivity contribution in [3.63, 3.8) is 0 Å². The molecule has 0 heterocycles. The zero-order chi connectivity index (χ0) is 10.4. The Labute approximate surface area is 82.9 Å². The normalized spacial score (nSPS) is 9.57. The highest BCUT2D eigenvalue weighted by atomic mass is 16.5. The van der Waals surface area contributed by atoms with Crippen molar-refractivity contribution in [2.75, 3.05) is 7.05 Å². The molecule has 1 rings (SSSR count). The Morgan fingerprint density at radius 1 is 1.29 bits per heavy atom. The van der Waals surface area contributed by atoms with Crippen LogP contribution in [0.3, 0.4) is 0 Å². The monoisotopic (exact) mass is 193 g/mol. The Bertz CT molecular complexity index is 296. The molecule has 0 fully saturated rings. The van der Waals surface area contributed by atoms with Crippen LogP contribution >= 0.6 is 0 Å². The number of amidine groups is 1. The molecule has 0 spiro atoms. The number of benzene rings is 1. The Morgan fingerprint density at radius 2 is 1.93 bits per heavy atom. The van der Waals surface area contributed by atoms with E-state index in [-0.39, 0.29) is 6.02 Å². The van der Waals surface area contributed by atoms with Crippen molar-refractivity contribution in [1.82, 2.24) is 16.4 Å². The fourth-order valence-electron chi connectivity index (χ4n) is 0.859. The third-order valence-electron chi connectivity index (χ3n) is 1.53. The summed E-state index contributed by atoms with van der Waals surface area (Å²) in [6, 6.07) is 7.02. The fourth-order valence-corrected chi connectivity index (χ4v) is 0.859. The lowest BCUT2D eigenvalue weighted by molar-refractivity contribution is 0.469. The Hall–Kier alpha value is -1.59. The molecule has 0 saturated heterocycles. The number of ether oxygens (including phenoxy) is 1. The highest BCUT2D eigenvalue weighted by Gasteiger charge is 1.91. The van der Waals surface area contributed by atoms with Crippen molar-refractivity contribution in [3.05, 3.63) is 35.2 Å². The summed E-state index contributed by atoms with van der Waals surface area (Å²) in [4.78, 5) is 0. The second-order valence-electron chi connectivity index (χ2n) is 2.72. The summed E-state index contributed by atoms with van der Waals surface area (Å²) in [5.74, 6) is 0.568. The summed E-state index contributed by atoms with van der Waals surface area (Å²) < 4.78 is 5.03. The Morgan fingerprint density at radius 3 is 2.50 bits per heavy atom. The number of rotatable bonds is 3. The van der Waals surface area contributed by atoms with Gasteiger partial charge in [-0.2, -0.15) is 0 Å². The fraction of sp³-hybridized carbons (Fsp3) is 0.222. The predicted molar refractivity (Wildman–Crippen MR) is 55.5 cm³/mol. The molecule has 0 aliphatic heterocycles. The number of nitrogens with zero attached hydrogens (tertiary/aromatic N) is 1. The number of hydrogen-bond donors (Lipinski definition) is 3. The van der Waals surface area contributed by atoms with Crippen LogP contribution in [0.25, 0.3) is 5.41 Å². The molecule has 1 aromatic carbocycles. The van der Waals surface area contributed by atoms with Gasteiger partial charge in [0.2, 0.25) is 0 Å². The lowest BCUT2D eigenvalue weighted by Gasteiger charge is -2.17. The highest BCUT2D eigenvalue weighted by molar-refractivity contribution is 5.78. The molecule has 0 aromatic heterocycles. The number of nitrogens with one attached hydrogen (secondary N) is 3. The van der Waals surface area contributed by atoms with Crippen LogP contribution in [0.1, 0.15) is 5.56 Å². The van der Waals surface area contributed by atoms with Gasteiger partial charge in [0.1, 0.15) is 11.8 Å². The SMILES string of the molecule is CNNNC(=[N-])Oc1ccc(C)cc1. The van der Waals surface area contributed by atoms with Gasteiger partial charge in [-0.3, -0.25) is 5.43 Å². The first-order valence-corrected chi connectivity index (χ1v) is 4.20. The van der Waals surface area contributed by atoms with Gasteiger partial charge >= 0.3 is 0 Å². The zero-order valence-electron chi connectivity index (χ0n) is 8.16. The van der Waals surface area contributed by atoms with Crippen LogP contribution in [-0.2, 0) is 0 Å². The second-order valence-corrected chi connectivity index (χ2v) is 2.72. The van der Waals surface area contributed by atoms with Gasteiger partial charge < -0.3 is 15.6 Å². The van der Waals surface area contributed by atoms with Crippen LogP contribution in [0.2, 0.25) is 0 Å². The summed E-state index contributed by atoms with van der Waals surface area (Å²) in [6.45, 7) is 1.98. The molecule has 0 saturated carbocycles. The van der Waals surface area contributed by atoms with Gasteiger partial charge in [-0.25, -0.2) is 5.53 Å². The van der Waals surface area contributed by atoms with E-state index in [1.54, 1.807) is 19.2 Å². The van der Waals surface area contributed by atoms with Gasteiger partial charge in [0, 0.05) is 0 Å². The third kappa shape index (κ3) is 3.42. The van der Waals surface area contributed by atoms with Gasteiger partial charge in [-0.1, -0.05) is 17.7 Å². The van der Waals surface area contributed by atoms with E-state index in [9.17, 15) is 5.41 Å². The maximum Gasteiger partial charge on any atom is 0.126 e. The molecule has 0 atom stereocenters. The Balaban J connectivity index is 2.44. The van der Waals surface area contributed by atoms with Gasteiger partial charge in [0.25, 0.3) is 0 Å². The van der Waals surface area contributed by atoms with E-state index in [2.05, 4.69) is 16.4 Å². The van der Waals surface area contributed by atoms with E-state index < -0.39 is 0 Å². The van der Waals surface area contributed by atoms with Crippen LogP contribution in [0, 0.1) is 6.92 Å². The third-order valence-corrected chi connectivity index (χ3v) is 1.53. The lowest BCUT2D eigenvalue weighted by Crippen LogP contribution is -2.46. The van der Waals surface area contributed by atoms with Crippen LogP contribution in [0.4, 0.5) is 0 Å². The summed E-state index contributed by atoms with van der Waals surface area (Å²) in [5, 5.41) is 9.18. The van der Waals surface area contributed by atoms with E-state index in [0.29, 0.717) is 5.75 Å². The van der Waals surface area contributed by atoms with Crippen LogP contribution in [0.5, 0.6) is 5.75 Å². The lowest BCUT2D eigenvalue weighted by atomic mass is 10.2. The smallest absolute Gasteiger partial charge is 0.126 e. The Kier molecular flexibility index (Phi) is 3.90. The molecule has 5 heteroatoms. The van der Waals surface area contributed by atoms with Crippen LogP contribution < -0.4 is 21.1 Å². The van der Waals surface area contributed by atoms with Crippen molar-refractivity contribution >= 4 is 6.02 Å². The van der Waals surface area contributed by atoms with E-state index in [1.165, 1.54) is 0 Å². The van der Waals surface area contributed by atoms with E-state index in [1.807, 2.05) is 19.1 Å². The number of aryl methyl sites for hydroxylation is 1. The molecule has 76 valence electrons. The molecule has 0 amide bonds. The molecule has 14 heavy (non-hydrogen) atoms. The number of hydrogen-bond acceptors (Lipinski definition) is 3. The average Bonchev–Trinajstić information content (AvgIpc) is 2.18. The minimum atomic E-state index is -0.316. The van der Waals surface area contributed by atoms with Crippen molar-refractivity contribution in [2.24, 2.45) is 0 Å². The first kappa shape index (κ1) is 10.5.